The quantitative estimate of drug-likeness (QED) is 0.149. The lowest BCUT2D eigenvalue weighted by Gasteiger charge is -2.21. The van der Waals surface area contributed by atoms with Gasteiger partial charge in [-0.15, -0.1) is 0 Å². The molecule has 0 radical (unpaired) electrons. The molecule has 0 saturated carbocycles. The van der Waals surface area contributed by atoms with E-state index in [0.29, 0.717) is 52.7 Å². The minimum Gasteiger partial charge on any atom is -0.499 e. The van der Waals surface area contributed by atoms with Crippen molar-refractivity contribution in [3.8, 4) is 0 Å². The number of carbonyl (C=O) groups excluding carboxylic acids is 2. The Morgan fingerprint density at radius 3 is 1.83 bits per heavy atom. The monoisotopic (exact) mass is 335 g/mol. The third-order valence-corrected chi connectivity index (χ3v) is 2.44. The van der Waals surface area contributed by atoms with Crippen LogP contribution >= 0.6 is 0 Å². The summed E-state index contributed by atoms with van der Waals surface area (Å²) < 4.78 is 20.1. The molecule has 0 saturated heterocycles. The number of hydrogen-bond donors (Lipinski definition) is 2. The standard InChI is InChI=1S/C14H25NO6.H4N2/c1-4-18-11-12-19-8-5-15(6-9-20-13(2)16)7-10-21-14(3)17;1-2/h4H,1,5-12H2,2-3H3;1-2H2. The van der Waals surface area contributed by atoms with Crippen LogP contribution < -0.4 is 11.7 Å². The van der Waals surface area contributed by atoms with Gasteiger partial charge in [0.25, 0.3) is 0 Å². The minimum atomic E-state index is -0.312. The second-order valence-corrected chi connectivity index (χ2v) is 4.17. The maximum atomic E-state index is 10.7. The number of hydrazine groups is 1. The first-order chi connectivity index (χ1) is 11.1. The molecule has 0 aliphatic carbocycles. The van der Waals surface area contributed by atoms with Gasteiger partial charge in [-0.1, -0.05) is 6.58 Å². The number of carbonyl (C=O) groups is 2. The second kappa shape index (κ2) is 18.4. The molecule has 0 fully saturated rings. The van der Waals surface area contributed by atoms with E-state index in [4.69, 9.17) is 18.9 Å². The van der Waals surface area contributed by atoms with E-state index < -0.39 is 0 Å². The van der Waals surface area contributed by atoms with Gasteiger partial charge in [-0.05, 0) is 0 Å². The van der Waals surface area contributed by atoms with Crippen molar-refractivity contribution < 1.29 is 28.5 Å². The van der Waals surface area contributed by atoms with Gasteiger partial charge in [0.05, 0.1) is 19.5 Å². The molecule has 0 unspecified atom stereocenters. The van der Waals surface area contributed by atoms with Crippen molar-refractivity contribution in [2.45, 2.75) is 13.8 Å². The molecule has 0 atom stereocenters. The van der Waals surface area contributed by atoms with Crippen molar-refractivity contribution in [3.05, 3.63) is 12.8 Å². The van der Waals surface area contributed by atoms with Gasteiger partial charge in [0, 0.05) is 33.5 Å². The molecule has 23 heavy (non-hydrogen) atoms. The number of nitrogens with zero attached hydrogens (tertiary/aromatic N) is 1. The Labute approximate surface area is 137 Å². The van der Waals surface area contributed by atoms with Gasteiger partial charge in [0.2, 0.25) is 0 Å². The summed E-state index contributed by atoms with van der Waals surface area (Å²) in [6.07, 6.45) is 1.37. The van der Waals surface area contributed by atoms with Gasteiger partial charge in [-0.3, -0.25) is 26.2 Å². The fourth-order valence-electron chi connectivity index (χ4n) is 1.46. The number of ether oxygens (including phenoxy) is 4. The normalized spacial score (nSPS) is 9.61. The Morgan fingerprint density at radius 1 is 0.913 bits per heavy atom. The molecular weight excluding hydrogens is 306 g/mol. The van der Waals surface area contributed by atoms with E-state index in [1.165, 1.54) is 20.1 Å². The third-order valence-electron chi connectivity index (χ3n) is 2.44. The molecule has 9 nitrogen and oxygen atoms in total. The predicted octanol–water partition coefficient (Wildman–Crippen LogP) is -0.590. The zero-order chi connectivity index (χ0) is 17.9. The maximum Gasteiger partial charge on any atom is 0.302 e. The Morgan fingerprint density at radius 2 is 1.39 bits per heavy atom. The van der Waals surface area contributed by atoms with E-state index in [9.17, 15) is 9.59 Å². The molecule has 0 aromatic rings. The maximum absolute atomic E-state index is 10.7. The van der Waals surface area contributed by atoms with Crippen molar-refractivity contribution in [2.75, 3.05) is 52.7 Å². The lowest BCUT2D eigenvalue weighted by atomic mass is 10.4. The summed E-state index contributed by atoms with van der Waals surface area (Å²) in [5.41, 5.74) is 0. The van der Waals surface area contributed by atoms with E-state index in [2.05, 4.69) is 18.3 Å². The summed E-state index contributed by atoms with van der Waals surface area (Å²) in [5, 5.41) is 0. The van der Waals surface area contributed by atoms with Crippen LogP contribution in [0.5, 0.6) is 0 Å². The first kappa shape index (κ1) is 23.6. The van der Waals surface area contributed by atoms with Crippen molar-refractivity contribution >= 4 is 11.9 Å². The fraction of sp³-hybridized carbons (Fsp3) is 0.714. The molecular formula is C14H29N3O6. The number of hydrogen-bond acceptors (Lipinski definition) is 9. The van der Waals surface area contributed by atoms with E-state index in [-0.39, 0.29) is 11.9 Å². The summed E-state index contributed by atoms with van der Waals surface area (Å²) in [4.78, 5) is 23.5. The van der Waals surface area contributed by atoms with Crippen LogP contribution in [0, 0.1) is 0 Å². The van der Waals surface area contributed by atoms with E-state index in [1.807, 2.05) is 4.90 Å². The van der Waals surface area contributed by atoms with Crippen LogP contribution in [0.1, 0.15) is 13.8 Å². The molecule has 0 bridgehead atoms. The van der Waals surface area contributed by atoms with Crippen LogP contribution in [0.25, 0.3) is 0 Å². The summed E-state index contributed by atoms with van der Waals surface area (Å²) >= 11 is 0. The number of esters is 2. The average molecular weight is 335 g/mol. The third kappa shape index (κ3) is 20.3. The highest BCUT2D eigenvalue weighted by Crippen LogP contribution is 1.92. The lowest BCUT2D eigenvalue weighted by molar-refractivity contribution is -0.141. The van der Waals surface area contributed by atoms with Crippen molar-refractivity contribution in [2.24, 2.45) is 11.7 Å². The molecule has 0 amide bonds. The zero-order valence-corrected chi connectivity index (χ0v) is 14.0. The Bertz CT molecular complexity index is 295. The highest BCUT2D eigenvalue weighted by molar-refractivity contribution is 5.66. The zero-order valence-electron chi connectivity index (χ0n) is 14.0. The van der Waals surface area contributed by atoms with Crippen LogP contribution in [0.3, 0.4) is 0 Å². The summed E-state index contributed by atoms with van der Waals surface area (Å²) in [6, 6.07) is 0. The summed E-state index contributed by atoms with van der Waals surface area (Å²) in [7, 11) is 0. The van der Waals surface area contributed by atoms with Crippen LogP contribution in [0.15, 0.2) is 12.8 Å². The highest BCUT2D eigenvalue weighted by Gasteiger charge is 2.07. The van der Waals surface area contributed by atoms with Gasteiger partial charge in [0.1, 0.15) is 19.8 Å². The largest absolute Gasteiger partial charge is 0.499 e. The highest BCUT2D eigenvalue weighted by atomic mass is 16.5. The van der Waals surface area contributed by atoms with Gasteiger partial charge in [-0.2, -0.15) is 0 Å². The molecule has 0 rings (SSSR count). The van der Waals surface area contributed by atoms with E-state index in [0.717, 1.165) is 0 Å². The van der Waals surface area contributed by atoms with Crippen LogP contribution in [-0.2, 0) is 28.5 Å². The van der Waals surface area contributed by atoms with Crippen LogP contribution in [-0.4, -0.2) is 69.5 Å². The fourth-order valence-corrected chi connectivity index (χ4v) is 1.46. The topological polar surface area (TPSA) is 126 Å². The van der Waals surface area contributed by atoms with Crippen molar-refractivity contribution in [3.63, 3.8) is 0 Å². The molecule has 0 spiro atoms. The number of nitrogens with two attached hydrogens (primary N) is 2. The van der Waals surface area contributed by atoms with Crippen molar-refractivity contribution in [1.29, 1.82) is 0 Å². The smallest absolute Gasteiger partial charge is 0.302 e. The summed E-state index contributed by atoms with van der Waals surface area (Å²) in [6.45, 7) is 10.0. The lowest BCUT2D eigenvalue weighted by Crippen LogP contribution is -2.34. The molecule has 0 heterocycles. The Balaban J connectivity index is 0. The van der Waals surface area contributed by atoms with E-state index in [1.54, 1.807) is 0 Å². The molecule has 0 aromatic heterocycles. The van der Waals surface area contributed by atoms with Gasteiger partial charge in [-0.25, -0.2) is 0 Å². The molecule has 0 aromatic carbocycles. The van der Waals surface area contributed by atoms with Gasteiger partial charge < -0.3 is 18.9 Å². The Hall–Kier alpha value is -1.68. The van der Waals surface area contributed by atoms with Crippen molar-refractivity contribution in [1.82, 2.24) is 4.90 Å². The average Bonchev–Trinajstić information content (AvgIpc) is 2.51. The van der Waals surface area contributed by atoms with Gasteiger partial charge in [0.15, 0.2) is 0 Å². The van der Waals surface area contributed by atoms with Crippen LogP contribution in [0.2, 0.25) is 0 Å². The number of rotatable bonds is 13. The molecule has 136 valence electrons. The first-order valence-electron chi connectivity index (χ1n) is 7.19. The molecule has 9 heteroatoms. The first-order valence-corrected chi connectivity index (χ1v) is 7.19. The summed E-state index contributed by atoms with van der Waals surface area (Å²) in [5.74, 6) is 7.38. The SMILES string of the molecule is C=COCCOCCN(CCOC(C)=O)CCOC(C)=O.NN. The van der Waals surface area contributed by atoms with Gasteiger partial charge >= 0.3 is 11.9 Å². The Kier molecular flexibility index (Phi) is 18.8. The second-order valence-electron chi connectivity index (χ2n) is 4.17. The predicted molar refractivity (Wildman–Crippen MR) is 85.0 cm³/mol. The van der Waals surface area contributed by atoms with E-state index >= 15 is 0 Å². The molecule has 0 aliphatic rings. The molecule has 4 N–H and O–H groups in total. The minimum absolute atomic E-state index is 0.301. The van der Waals surface area contributed by atoms with Crippen LogP contribution in [0.4, 0.5) is 0 Å². The molecule has 0 aliphatic heterocycles.